The van der Waals surface area contributed by atoms with Crippen LogP contribution in [0.4, 0.5) is 18.9 Å². The molecule has 0 saturated carbocycles. The topological polar surface area (TPSA) is 96.0 Å². The number of anilines is 1. The number of amides is 2. The summed E-state index contributed by atoms with van der Waals surface area (Å²) >= 11 is 5.89. The number of unbranched alkanes of at least 4 members (excludes halogenated alkanes) is 1. The number of benzene rings is 4. The quantitative estimate of drug-likeness (QED) is 0.129. The molecule has 4 aromatic rings. The van der Waals surface area contributed by atoms with Crippen LogP contribution < -0.4 is 14.4 Å². The number of alkyl halides is 3. The number of nitrogens with zero attached hydrogens (tertiary/aromatic N) is 2. The third-order valence-electron chi connectivity index (χ3n) is 8.02. The zero-order valence-electron chi connectivity index (χ0n) is 27.9. The van der Waals surface area contributed by atoms with E-state index in [1.54, 1.807) is 67.6 Å². The third-order valence-corrected chi connectivity index (χ3v) is 10.1. The van der Waals surface area contributed by atoms with Crippen LogP contribution >= 0.6 is 11.6 Å². The molecule has 1 N–H and O–H groups in total. The second-order valence-corrected chi connectivity index (χ2v) is 14.0. The van der Waals surface area contributed by atoms with Gasteiger partial charge in [0, 0.05) is 19.5 Å². The third kappa shape index (κ3) is 9.79. The fraction of sp³-hybridized carbons (Fsp3) is 0.297. The minimum absolute atomic E-state index is 0.0817. The summed E-state index contributed by atoms with van der Waals surface area (Å²) < 4.78 is 76.4. The molecule has 0 radical (unpaired) electrons. The number of halogens is 4. The Morgan fingerprint density at radius 3 is 2.24 bits per heavy atom. The number of rotatable bonds is 15. The Bertz CT molecular complexity index is 1870. The summed E-state index contributed by atoms with van der Waals surface area (Å²) in [6, 6.07) is 23.1. The lowest BCUT2D eigenvalue weighted by Gasteiger charge is -2.34. The number of carbonyl (C=O) groups excluding carboxylic acids is 2. The van der Waals surface area contributed by atoms with Crippen LogP contribution in [-0.4, -0.2) is 51.4 Å². The summed E-state index contributed by atoms with van der Waals surface area (Å²) in [6.07, 6.45) is -3.33. The predicted octanol–water partition coefficient (Wildman–Crippen LogP) is 7.43. The van der Waals surface area contributed by atoms with Gasteiger partial charge >= 0.3 is 6.18 Å². The van der Waals surface area contributed by atoms with Crippen LogP contribution in [0.3, 0.4) is 0 Å². The molecule has 0 aliphatic heterocycles. The normalized spacial score (nSPS) is 12.2. The Morgan fingerprint density at radius 2 is 1.60 bits per heavy atom. The molecule has 0 aliphatic carbocycles. The van der Waals surface area contributed by atoms with Crippen molar-refractivity contribution in [1.29, 1.82) is 0 Å². The number of hydrogen-bond acceptors (Lipinski definition) is 5. The molecule has 0 saturated heterocycles. The van der Waals surface area contributed by atoms with Gasteiger partial charge in [0.15, 0.2) is 0 Å². The monoisotopic (exact) mass is 729 g/mol. The van der Waals surface area contributed by atoms with E-state index in [0.29, 0.717) is 34.7 Å². The predicted molar refractivity (Wildman–Crippen MR) is 188 cm³/mol. The zero-order chi connectivity index (χ0) is 36.5. The maximum Gasteiger partial charge on any atom is 0.417 e. The average molecular weight is 730 g/mol. The summed E-state index contributed by atoms with van der Waals surface area (Å²) in [6.45, 7) is 3.01. The van der Waals surface area contributed by atoms with E-state index >= 15 is 0 Å². The lowest BCUT2D eigenvalue weighted by atomic mass is 10.0. The number of hydrogen-bond donors (Lipinski definition) is 1. The van der Waals surface area contributed by atoms with Crippen LogP contribution in [0, 0.1) is 6.92 Å². The van der Waals surface area contributed by atoms with Gasteiger partial charge in [-0.1, -0.05) is 85.1 Å². The fourth-order valence-electron chi connectivity index (χ4n) is 5.28. The highest BCUT2D eigenvalue weighted by Crippen LogP contribution is 2.38. The van der Waals surface area contributed by atoms with Crippen molar-refractivity contribution in [2.24, 2.45) is 0 Å². The van der Waals surface area contributed by atoms with E-state index in [1.165, 1.54) is 24.1 Å². The van der Waals surface area contributed by atoms with Gasteiger partial charge in [-0.25, -0.2) is 8.42 Å². The molecule has 2 amide bonds. The van der Waals surface area contributed by atoms with E-state index in [-0.39, 0.29) is 17.9 Å². The maximum absolute atomic E-state index is 14.6. The van der Waals surface area contributed by atoms with E-state index in [2.05, 4.69) is 5.32 Å². The second-order valence-electron chi connectivity index (χ2n) is 11.7. The fourth-order valence-corrected chi connectivity index (χ4v) is 6.91. The van der Waals surface area contributed by atoms with Crippen molar-refractivity contribution in [2.45, 2.75) is 56.8 Å². The van der Waals surface area contributed by atoms with Crippen molar-refractivity contribution in [3.63, 3.8) is 0 Å². The van der Waals surface area contributed by atoms with Crippen LogP contribution in [0.25, 0.3) is 0 Å². The lowest BCUT2D eigenvalue weighted by Crippen LogP contribution is -2.53. The van der Waals surface area contributed by atoms with Gasteiger partial charge in [0.25, 0.3) is 10.0 Å². The van der Waals surface area contributed by atoms with E-state index in [1.807, 2.05) is 13.0 Å². The molecule has 0 bridgehead atoms. The smallest absolute Gasteiger partial charge is 0.417 e. The lowest BCUT2D eigenvalue weighted by molar-refractivity contribution is -0.140. The van der Waals surface area contributed by atoms with Crippen molar-refractivity contribution in [3.8, 4) is 5.75 Å². The average Bonchev–Trinajstić information content (AvgIpc) is 3.09. The number of ether oxygens (including phenoxy) is 1. The van der Waals surface area contributed by atoms with Gasteiger partial charge in [0.2, 0.25) is 11.8 Å². The Hall–Kier alpha value is -4.55. The molecule has 4 aromatic carbocycles. The van der Waals surface area contributed by atoms with E-state index < -0.39 is 56.9 Å². The maximum atomic E-state index is 14.6. The first-order valence-electron chi connectivity index (χ1n) is 15.9. The SMILES string of the molecule is CCCCNC(=O)[C@@H](Cc1ccccc1)N(Cc1cccc(OC)c1)C(=O)CN(c1ccc(Cl)c(C(F)(F)F)c1)S(=O)(=O)c1ccc(C)cc1. The van der Waals surface area contributed by atoms with Crippen molar-refractivity contribution in [2.75, 3.05) is 24.5 Å². The molecule has 13 heteroatoms. The molecule has 0 spiro atoms. The van der Waals surface area contributed by atoms with Gasteiger partial charge in [0.05, 0.1) is 28.3 Å². The van der Waals surface area contributed by atoms with Crippen LogP contribution in [0.15, 0.2) is 102 Å². The van der Waals surface area contributed by atoms with Gasteiger partial charge in [0.1, 0.15) is 18.3 Å². The summed E-state index contributed by atoms with van der Waals surface area (Å²) in [5, 5.41) is 2.26. The van der Waals surface area contributed by atoms with Gasteiger partial charge in [-0.2, -0.15) is 13.2 Å². The van der Waals surface area contributed by atoms with Crippen LogP contribution in [0.5, 0.6) is 5.75 Å². The summed E-state index contributed by atoms with van der Waals surface area (Å²) in [5.74, 6) is -0.790. The van der Waals surface area contributed by atoms with E-state index in [9.17, 15) is 31.2 Å². The first-order valence-corrected chi connectivity index (χ1v) is 17.8. The second kappa shape index (κ2) is 16.9. The number of sulfonamides is 1. The van der Waals surface area contributed by atoms with E-state index in [4.69, 9.17) is 16.3 Å². The van der Waals surface area contributed by atoms with Crippen molar-refractivity contribution in [3.05, 3.63) is 124 Å². The highest BCUT2D eigenvalue weighted by molar-refractivity contribution is 7.92. The molecule has 8 nitrogen and oxygen atoms in total. The molecule has 0 aliphatic rings. The Labute approximate surface area is 295 Å². The summed E-state index contributed by atoms with van der Waals surface area (Å²) in [7, 11) is -3.14. The number of nitrogens with one attached hydrogen (secondary N) is 1. The minimum Gasteiger partial charge on any atom is -0.497 e. The number of aryl methyl sites for hydroxylation is 1. The van der Waals surface area contributed by atoms with Gasteiger partial charge in [-0.3, -0.25) is 13.9 Å². The number of carbonyl (C=O) groups is 2. The zero-order valence-corrected chi connectivity index (χ0v) is 29.5. The van der Waals surface area contributed by atoms with Crippen LogP contribution in [-0.2, 0) is 38.8 Å². The highest BCUT2D eigenvalue weighted by Gasteiger charge is 2.37. The van der Waals surface area contributed by atoms with Crippen molar-refractivity contribution >= 4 is 39.1 Å². The van der Waals surface area contributed by atoms with Crippen LogP contribution in [0.2, 0.25) is 5.02 Å². The Morgan fingerprint density at radius 1 is 0.920 bits per heavy atom. The van der Waals surface area contributed by atoms with E-state index in [0.717, 1.165) is 29.7 Å². The largest absolute Gasteiger partial charge is 0.497 e. The highest BCUT2D eigenvalue weighted by atomic mass is 35.5. The van der Waals surface area contributed by atoms with Gasteiger partial charge < -0.3 is 15.0 Å². The van der Waals surface area contributed by atoms with Crippen LogP contribution in [0.1, 0.15) is 42.0 Å². The van der Waals surface area contributed by atoms with Gasteiger partial charge in [-0.05, 0) is 66.9 Å². The van der Waals surface area contributed by atoms with Crippen molar-refractivity contribution < 1.29 is 35.9 Å². The molecular weight excluding hydrogens is 691 g/mol. The Kier molecular flexibility index (Phi) is 12.9. The molecule has 1 atom stereocenters. The molecule has 0 fully saturated rings. The molecule has 50 heavy (non-hydrogen) atoms. The summed E-state index contributed by atoms with van der Waals surface area (Å²) in [5.41, 5.74) is 0.376. The standard InChI is InChI=1S/C37H39ClF3N3O5S/c1-4-5-20-42-36(46)34(22-27-10-7-6-8-11-27)43(24-28-12-9-13-30(21-28)49-3)35(45)25-44(50(47,48)31-17-14-26(2)15-18-31)29-16-19-33(38)32(23-29)37(39,40)41/h6-19,21,23,34H,4-5,20,22,24-25H2,1-3H3,(H,42,46)/t34-/m1/s1. The Balaban J connectivity index is 1.86. The molecule has 4 rings (SSSR count). The first kappa shape index (κ1) is 38.3. The molecule has 0 unspecified atom stereocenters. The molecule has 266 valence electrons. The van der Waals surface area contributed by atoms with Crippen molar-refractivity contribution in [1.82, 2.24) is 10.2 Å². The van der Waals surface area contributed by atoms with Gasteiger partial charge in [-0.15, -0.1) is 0 Å². The minimum atomic E-state index is -4.91. The summed E-state index contributed by atoms with van der Waals surface area (Å²) in [4.78, 5) is 29.5. The number of methoxy groups -OCH3 is 1. The molecule has 0 heterocycles. The molecular formula is C37H39ClF3N3O5S. The first-order chi connectivity index (χ1) is 23.7. The molecule has 0 aromatic heterocycles.